The van der Waals surface area contributed by atoms with Crippen LogP contribution < -0.4 is 10.2 Å². The highest BCUT2D eigenvalue weighted by Gasteiger charge is 2.27. The highest BCUT2D eigenvalue weighted by atomic mass is 15.2. The molecule has 3 heteroatoms. The van der Waals surface area contributed by atoms with Gasteiger partial charge < -0.3 is 10.2 Å². The molecule has 0 aromatic heterocycles. The van der Waals surface area contributed by atoms with Gasteiger partial charge in [-0.25, -0.2) is 0 Å². The van der Waals surface area contributed by atoms with E-state index in [0.717, 1.165) is 30.8 Å². The van der Waals surface area contributed by atoms with E-state index in [1.54, 1.807) is 0 Å². The van der Waals surface area contributed by atoms with E-state index in [2.05, 4.69) is 42.4 Å². The van der Waals surface area contributed by atoms with Crippen LogP contribution in [0, 0.1) is 11.3 Å². The van der Waals surface area contributed by atoms with Gasteiger partial charge in [-0.2, -0.15) is 5.26 Å². The Kier molecular flexibility index (Phi) is 4.22. The summed E-state index contributed by atoms with van der Waals surface area (Å²) in [4.78, 5) is 2.24. The minimum absolute atomic E-state index is 0.640. The van der Waals surface area contributed by atoms with Gasteiger partial charge in [-0.15, -0.1) is 0 Å². The van der Waals surface area contributed by atoms with Gasteiger partial charge in [-0.3, -0.25) is 0 Å². The molecule has 1 aliphatic carbocycles. The molecule has 1 fully saturated rings. The van der Waals surface area contributed by atoms with Gasteiger partial charge in [0.2, 0.25) is 0 Å². The average Bonchev–Trinajstić information content (AvgIpc) is 3.22. The summed E-state index contributed by atoms with van der Waals surface area (Å²) in [5, 5.41) is 12.6. The van der Waals surface area contributed by atoms with Gasteiger partial charge in [-0.1, -0.05) is 13.0 Å². The fourth-order valence-electron chi connectivity index (χ4n) is 2.16. The van der Waals surface area contributed by atoms with Crippen molar-refractivity contribution < 1.29 is 0 Å². The first-order valence-electron chi connectivity index (χ1n) is 6.72. The maximum Gasteiger partial charge on any atom is 0.101 e. The highest BCUT2D eigenvalue weighted by Crippen LogP contribution is 2.32. The Labute approximate surface area is 109 Å². The van der Waals surface area contributed by atoms with Crippen LogP contribution in [-0.2, 0) is 6.54 Å². The molecule has 0 unspecified atom stereocenters. The maximum atomic E-state index is 9.27. The Morgan fingerprint density at radius 2 is 2.22 bits per heavy atom. The lowest BCUT2D eigenvalue weighted by Gasteiger charge is -2.20. The lowest BCUT2D eigenvalue weighted by molar-refractivity contribution is 0.675. The topological polar surface area (TPSA) is 39.1 Å². The lowest BCUT2D eigenvalue weighted by atomic mass is 10.1. The normalized spacial score (nSPS) is 14.3. The van der Waals surface area contributed by atoms with Gasteiger partial charge in [0.05, 0.1) is 11.3 Å². The number of rotatable bonds is 6. The zero-order chi connectivity index (χ0) is 13.0. The molecule has 3 nitrogen and oxygen atoms in total. The second kappa shape index (κ2) is 5.88. The third-order valence-corrected chi connectivity index (χ3v) is 3.41. The zero-order valence-corrected chi connectivity index (χ0v) is 11.2. The molecular weight excluding hydrogens is 222 g/mol. The molecule has 0 radical (unpaired) electrons. The highest BCUT2D eigenvalue weighted by molar-refractivity contribution is 5.61. The summed E-state index contributed by atoms with van der Waals surface area (Å²) >= 11 is 0. The number of nitrogens with one attached hydrogen (secondary N) is 1. The molecule has 0 aliphatic heterocycles. The molecule has 2 rings (SSSR count). The van der Waals surface area contributed by atoms with Crippen LogP contribution in [0.2, 0.25) is 0 Å². The van der Waals surface area contributed by atoms with Crippen LogP contribution in [0.15, 0.2) is 18.2 Å². The Hall–Kier alpha value is -1.53. The Morgan fingerprint density at radius 3 is 2.83 bits per heavy atom. The number of nitrogens with zero attached hydrogens (tertiary/aromatic N) is 2. The quantitative estimate of drug-likeness (QED) is 0.781. The van der Waals surface area contributed by atoms with Gasteiger partial charge in [0.25, 0.3) is 0 Å². The van der Waals surface area contributed by atoms with Crippen LogP contribution in [0.4, 0.5) is 5.69 Å². The molecule has 0 spiro atoms. The molecular formula is C15H21N3. The molecule has 0 bridgehead atoms. The molecule has 0 heterocycles. The predicted molar refractivity (Wildman–Crippen MR) is 74.6 cm³/mol. The van der Waals surface area contributed by atoms with E-state index in [0.29, 0.717) is 6.04 Å². The monoisotopic (exact) mass is 243 g/mol. The number of hydrogen-bond donors (Lipinski definition) is 1. The minimum Gasteiger partial charge on any atom is -0.371 e. The van der Waals surface area contributed by atoms with E-state index in [-0.39, 0.29) is 0 Å². The summed E-state index contributed by atoms with van der Waals surface area (Å²) in [5.41, 5.74) is 3.05. The number of nitriles is 1. The Balaban J connectivity index is 2.10. The fourth-order valence-corrected chi connectivity index (χ4v) is 2.16. The molecule has 1 aromatic carbocycles. The smallest absolute Gasteiger partial charge is 0.101 e. The summed E-state index contributed by atoms with van der Waals surface area (Å²) in [6.07, 6.45) is 3.63. The van der Waals surface area contributed by atoms with Crippen LogP contribution in [0.25, 0.3) is 0 Å². The van der Waals surface area contributed by atoms with Gasteiger partial charge in [0.1, 0.15) is 6.07 Å². The van der Waals surface area contributed by atoms with Crippen LogP contribution >= 0.6 is 0 Å². The number of benzene rings is 1. The van der Waals surface area contributed by atoms with Crippen molar-refractivity contribution in [2.45, 2.75) is 38.8 Å². The molecule has 18 heavy (non-hydrogen) atoms. The molecule has 0 atom stereocenters. The van der Waals surface area contributed by atoms with E-state index >= 15 is 0 Å². The van der Waals surface area contributed by atoms with E-state index < -0.39 is 0 Å². The van der Waals surface area contributed by atoms with Crippen LogP contribution in [0.1, 0.15) is 37.3 Å². The van der Waals surface area contributed by atoms with Crippen LogP contribution in [0.3, 0.4) is 0 Å². The second-order valence-corrected chi connectivity index (χ2v) is 4.98. The first kappa shape index (κ1) is 12.9. The number of hydrogen-bond acceptors (Lipinski definition) is 3. The van der Waals surface area contributed by atoms with Gasteiger partial charge in [-0.05, 0) is 43.5 Å². The molecule has 0 saturated heterocycles. The first-order valence-corrected chi connectivity index (χ1v) is 6.72. The van der Waals surface area contributed by atoms with Crippen molar-refractivity contribution in [2.24, 2.45) is 0 Å². The van der Waals surface area contributed by atoms with Crippen molar-refractivity contribution in [1.82, 2.24) is 5.32 Å². The summed E-state index contributed by atoms with van der Waals surface area (Å²) in [7, 11) is 2.09. The first-order chi connectivity index (χ1) is 8.76. The van der Waals surface area contributed by atoms with Gasteiger partial charge in [0, 0.05) is 19.6 Å². The summed E-state index contributed by atoms with van der Waals surface area (Å²) in [6.45, 7) is 4.02. The van der Waals surface area contributed by atoms with Gasteiger partial charge >= 0.3 is 0 Å². The van der Waals surface area contributed by atoms with Crippen molar-refractivity contribution in [2.75, 3.05) is 18.5 Å². The standard InChI is InChI=1S/C15H21N3/c1-3-8-17-11-12-4-7-15(13(9-12)10-16)18(2)14-5-6-14/h4,7,9,14,17H,3,5-6,8,11H2,1-2H3. The van der Waals surface area contributed by atoms with Crippen LogP contribution in [0.5, 0.6) is 0 Å². The largest absolute Gasteiger partial charge is 0.371 e. The summed E-state index contributed by atoms with van der Waals surface area (Å²) < 4.78 is 0. The van der Waals surface area contributed by atoms with E-state index in [1.165, 1.54) is 18.4 Å². The van der Waals surface area contributed by atoms with E-state index in [4.69, 9.17) is 0 Å². The summed E-state index contributed by atoms with van der Waals surface area (Å²) in [6, 6.07) is 9.18. The SMILES string of the molecule is CCCNCc1ccc(N(C)C2CC2)c(C#N)c1. The predicted octanol–water partition coefficient (Wildman–Crippen LogP) is 2.66. The van der Waals surface area contributed by atoms with Gasteiger partial charge in [0.15, 0.2) is 0 Å². The molecule has 0 amide bonds. The molecule has 1 N–H and O–H groups in total. The summed E-state index contributed by atoms with van der Waals surface area (Å²) in [5.74, 6) is 0. The second-order valence-electron chi connectivity index (χ2n) is 4.98. The molecule has 1 aromatic rings. The zero-order valence-electron chi connectivity index (χ0n) is 11.2. The molecule has 1 aliphatic rings. The maximum absolute atomic E-state index is 9.27. The molecule has 1 saturated carbocycles. The third kappa shape index (κ3) is 3.02. The van der Waals surface area contributed by atoms with E-state index in [9.17, 15) is 5.26 Å². The van der Waals surface area contributed by atoms with Crippen molar-refractivity contribution in [1.29, 1.82) is 5.26 Å². The van der Waals surface area contributed by atoms with E-state index in [1.807, 2.05) is 6.07 Å². The van der Waals surface area contributed by atoms with Crippen molar-refractivity contribution in [3.63, 3.8) is 0 Å². The average molecular weight is 243 g/mol. The van der Waals surface area contributed by atoms with Crippen LogP contribution in [-0.4, -0.2) is 19.6 Å². The Morgan fingerprint density at radius 1 is 1.44 bits per heavy atom. The fraction of sp³-hybridized carbons (Fsp3) is 0.533. The number of anilines is 1. The Bertz CT molecular complexity index is 444. The molecule has 96 valence electrons. The van der Waals surface area contributed by atoms with Crippen molar-refractivity contribution in [3.05, 3.63) is 29.3 Å². The minimum atomic E-state index is 0.640. The lowest BCUT2D eigenvalue weighted by Crippen LogP contribution is -2.21. The van der Waals surface area contributed by atoms with Crippen molar-refractivity contribution >= 4 is 5.69 Å². The third-order valence-electron chi connectivity index (χ3n) is 3.41. The van der Waals surface area contributed by atoms with Crippen molar-refractivity contribution in [3.8, 4) is 6.07 Å².